The lowest BCUT2D eigenvalue weighted by Crippen LogP contribution is -2.38. The van der Waals surface area contributed by atoms with Crippen LogP contribution < -0.4 is 4.74 Å². The van der Waals surface area contributed by atoms with Gasteiger partial charge in [-0.1, -0.05) is 6.07 Å². The lowest BCUT2D eigenvalue weighted by Gasteiger charge is -2.33. The van der Waals surface area contributed by atoms with Crippen LogP contribution in [0.15, 0.2) is 42.7 Å². The summed E-state index contributed by atoms with van der Waals surface area (Å²) in [6.45, 7) is 5.34. The Bertz CT molecular complexity index is 1260. The highest BCUT2D eigenvalue weighted by Crippen LogP contribution is 2.32. The molecule has 0 aliphatic carbocycles. The van der Waals surface area contributed by atoms with Crippen molar-refractivity contribution < 1.29 is 19.0 Å². The van der Waals surface area contributed by atoms with Gasteiger partial charge in [0.15, 0.2) is 0 Å². The lowest BCUT2D eigenvalue weighted by atomic mass is 9.94. The zero-order chi connectivity index (χ0) is 22.9. The minimum atomic E-state index is -0.247. The van der Waals surface area contributed by atoms with Gasteiger partial charge in [0.1, 0.15) is 18.4 Å². The third-order valence-electron chi connectivity index (χ3n) is 6.32. The van der Waals surface area contributed by atoms with E-state index in [9.17, 15) is 10.1 Å². The van der Waals surface area contributed by atoms with Crippen LogP contribution >= 0.6 is 0 Å². The van der Waals surface area contributed by atoms with E-state index < -0.39 is 0 Å². The molecule has 1 aromatic heterocycles. The molecule has 0 spiro atoms. The zero-order valence-electron chi connectivity index (χ0n) is 18.6. The predicted molar refractivity (Wildman–Crippen MR) is 119 cm³/mol. The number of hydrogen-bond donors (Lipinski definition) is 0. The van der Waals surface area contributed by atoms with E-state index in [0.717, 1.165) is 47.6 Å². The fourth-order valence-corrected chi connectivity index (χ4v) is 4.51. The smallest absolute Gasteiger partial charge is 0.338 e. The molecule has 0 saturated carbocycles. The van der Waals surface area contributed by atoms with Gasteiger partial charge in [0.2, 0.25) is 0 Å². The van der Waals surface area contributed by atoms with E-state index in [1.54, 1.807) is 17.9 Å². The first kappa shape index (κ1) is 21.2. The Kier molecular flexibility index (Phi) is 5.58. The molecule has 8 heteroatoms. The molecule has 1 atom stereocenters. The molecule has 1 fully saturated rings. The summed E-state index contributed by atoms with van der Waals surface area (Å²) in [5.74, 6) is 0.280. The summed E-state index contributed by atoms with van der Waals surface area (Å²) in [5, 5.41) is 13.7. The number of nitriles is 1. The van der Waals surface area contributed by atoms with Crippen molar-refractivity contribution in [1.29, 1.82) is 5.26 Å². The number of hydrogen-bond acceptors (Lipinski definition) is 7. The molecule has 2 aliphatic heterocycles. The van der Waals surface area contributed by atoms with Gasteiger partial charge in [0, 0.05) is 43.0 Å². The van der Waals surface area contributed by atoms with Gasteiger partial charge in [-0.3, -0.25) is 4.90 Å². The molecular weight excluding hydrogens is 420 g/mol. The van der Waals surface area contributed by atoms with Gasteiger partial charge in [0.25, 0.3) is 0 Å². The Labute approximate surface area is 191 Å². The fraction of sp³-hybridized carbons (Fsp3) is 0.320. The Morgan fingerprint density at radius 1 is 1.30 bits per heavy atom. The zero-order valence-corrected chi connectivity index (χ0v) is 18.6. The molecule has 1 unspecified atom stereocenters. The van der Waals surface area contributed by atoms with E-state index in [1.165, 1.54) is 0 Å². The van der Waals surface area contributed by atoms with Gasteiger partial charge < -0.3 is 14.2 Å². The standard InChI is InChI=1S/C25H24N4O4/c1-16-20(5-6-21-22(16)15-33-25(21)30)24-14-28(7-8-32-24)12-17-11-27-29(13-17)19-4-3-18(10-26)23(9-19)31-2/h3-6,9,11,13,24H,7-8,12,14-15H2,1-2H3. The van der Waals surface area contributed by atoms with E-state index in [-0.39, 0.29) is 12.1 Å². The van der Waals surface area contributed by atoms with Gasteiger partial charge in [-0.25, -0.2) is 9.48 Å². The number of esters is 1. The molecule has 1 saturated heterocycles. The van der Waals surface area contributed by atoms with E-state index >= 15 is 0 Å². The van der Waals surface area contributed by atoms with Gasteiger partial charge in [-0.15, -0.1) is 0 Å². The van der Waals surface area contributed by atoms with Crippen molar-refractivity contribution in [3.05, 3.63) is 76.1 Å². The summed E-state index contributed by atoms with van der Waals surface area (Å²) >= 11 is 0. The summed E-state index contributed by atoms with van der Waals surface area (Å²) < 4.78 is 18.4. The summed E-state index contributed by atoms with van der Waals surface area (Å²) in [6.07, 6.45) is 3.80. The topological polar surface area (TPSA) is 89.6 Å². The molecule has 0 bridgehead atoms. The number of benzene rings is 2. The van der Waals surface area contributed by atoms with Crippen molar-refractivity contribution in [2.24, 2.45) is 0 Å². The molecule has 2 aromatic carbocycles. The molecule has 33 heavy (non-hydrogen) atoms. The Morgan fingerprint density at radius 2 is 2.18 bits per heavy atom. The maximum absolute atomic E-state index is 11.8. The number of rotatable bonds is 5. The van der Waals surface area contributed by atoms with Crippen molar-refractivity contribution in [1.82, 2.24) is 14.7 Å². The monoisotopic (exact) mass is 444 g/mol. The number of cyclic esters (lactones) is 1. The van der Waals surface area contributed by atoms with Crippen LogP contribution in [-0.4, -0.2) is 47.5 Å². The van der Waals surface area contributed by atoms with E-state index in [4.69, 9.17) is 14.2 Å². The first-order chi connectivity index (χ1) is 16.1. The molecule has 3 aromatic rings. The van der Waals surface area contributed by atoms with Crippen LogP contribution in [0.25, 0.3) is 5.69 Å². The van der Waals surface area contributed by atoms with Crippen molar-refractivity contribution in [2.45, 2.75) is 26.2 Å². The van der Waals surface area contributed by atoms with Crippen LogP contribution in [0.3, 0.4) is 0 Å². The molecule has 8 nitrogen and oxygen atoms in total. The number of carbonyl (C=O) groups is 1. The SMILES string of the molecule is COc1cc(-n2cc(CN3CCOC(c4ccc5c(c4C)COC5=O)C3)cn2)ccc1C#N. The molecule has 3 heterocycles. The summed E-state index contributed by atoms with van der Waals surface area (Å²) in [4.78, 5) is 14.2. The summed E-state index contributed by atoms with van der Waals surface area (Å²) in [5.41, 5.74) is 6.23. The lowest BCUT2D eigenvalue weighted by molar-refractivity contribution is -0.0332. The van der Waals surface area contributed by atoms with Gasteiger partial charge in [0.05, 0.1) is 42.8 Å². The molecule has 5 rings (SSSR count). The third kappa shape index (κ3) is 3.97. The highest BCUT2D eigenvalue weighted by atomic mass is 16.5. The average molecular weight is 444 g/mol. The second kappa shape index (κ2) is 8.70. The van der Waals surface area contributed by atoms with Crippen molar-refractivity contribution in [3.63, 3.8) is 0 Å². The number of nitrogens with zero attached hydrogens (tertiary/aromatic N) is 4. The van der Waals surface area contributed by atoms with Crippen LogP contribution in [0, 0.1) is 18.3 Å². The van der Waals surface area contributed by atoms with Crippen LogP contribution in [0.5, 0.6) is 5.75 Å². The normalized spacial score (nSPS) is 18.0. The number of ether oxygens (including phenoxy) is 3. The first-order valence-corrected chi connectivity index (χ1v) is 10.8. The largest absolute Gasteiger partial charge is 0.495 e. The molecule has 2 aliphatic rings. The predicted octanol–water partition coefficient (Wildman–Crippen LogP) is 3.30. The summed E-state index contributed by atoms with van der Waals surface area (Å²) in [7, 11) is 1.55. The molecule has 0 radical (unpaired) electrons. The first-order valence-electron chi connectivity index (χ1n) is 10.8. The minimum Gasteiger partial charge on any atom is -0.495 e. The molecule has 0 amide bonds. The van der Waals surface area contributed by atoms with Gasteiger partial charge >= 0.3 is 5.97 Å². The maximum atomic E-state index is 11.8. The number of carbonyl (C=O) groups excluding carboxylic acids is 1. The number of fused-ring (bicyclic) bond motifs is 1. The second-order valence-corrected chi connectivity index (χ2v) is 8.27. The highest BCUT2D eigenvalue weighted by Gasteiger charge is 2.29. The number of aromatic nitrogens is 2. The van der Waals surface area contributed by atoms with E-state index in [1.807, 2.05) is 43.6 Å². The number of morpholine rings is 1. The van der Waals surface area contributed by atoms with Crippen LogP contribution in [0.4, 0.5) is 0 Å². The van der Waals surface area contributed by atoms with Crippen LogP contribution in [0.2, 0.25) is 0 Å². The van der Waals surface area contributed by atoms with Crippen LogP contribution in [0.1, 0.15) is 44.3 Å². The molecule has 168 valence electrons. The van der Waals surface area contributed by atoms with Gasteiger partial charge in [-0.2, -0.15) is 10.4 Å². The average Bonchev–Trinajstić information content (AvgIpc) is 3.46. The molecule has 0 N–H and O–H groups in total. The number of methoxy groups -OCH3 is 1. The van der Waals surface area contributed by atoms with Gasteiger partial charge in [-0.05, 0) is 36.2 Å². The molecular formula is C25H24N4O4. The van der Waals surface area contributed by atoms with Crippen molar-refractivity contribution in [3.8, 4) is 17.5 Å². The summed E-state index contributed by atoms with van der Waals surface area (Å²) in [6, 6.07) is 11.4. The quantitative estimate of drug-likeness (QED) is 0.558. The van der Waals surface area contributed by atoms with E-state index in [0.29, 0.717) is 30.1 Å². The Balaban J connectivity index is 1.30. The minimum absolute atomic E-state index is 0.0578. The second-order valence-electron chi connectivity index (χ2n) is 8.27. The Hall–Kier alpha value is -3.67. The highest BCUT2D eigenvalue weighted by molar-refractivity contribution is 5.93. The third-order valence-corrected chi connectivity index (χ3v) is 6.32. The Morgan fingerprint density at radius 3 is 3.00 bits per heavy atom. The fourth-order valence-electron chi connectivity index (χ4n) is 4.51. The van der Waals surface area contributed by atoms with Crippen molar-refractivity contribution in [2.75, 3.05) is 26.8 Å². The van der Waals surface area contributed by atoms with E-state index in [2.05, 4.69) is 16.1 Å². The maximum Gasteiger partial charge on any atom is 0.338 e. The van der Waals surface area contributed by atoms with Crippen LogP contribution in [-0.2, 0) is 22.6 Å². The van der Waals surface area contributed by atoms with Crippen molar-refractivity contribution >= 4 is 5.97 Å².